The summed E-state index contributed by atoms with van der Waals surface area (Å²) in [5.74, 6) is 0.489. The second-order valence-corrected chi connectivity index (χ2v) is 6.31. The van der Waals surface area contributed by atoms with Gasteiger partial charge in [-0.3, -0.25) is 0 Å². The maximum Gasteiger partial charge on any atom is 0.410 e. The molecule has 1 fully saturated rings. The average Bonchev–Trinajstić information content (AvgIpc) is 2.39. The minimum Gasteiger partial charge on any atom is -0.435 e. The monoisotopic (exact) mass is 342 g/mol. The zero-order valence-electron chi connectivity index (χ0n) is 12.0. The van der Waals surface area contributed by atoms with E-state index in [9.17, 15) is 4.79 Å². The van der Waals surface area contributed by atoms with Crippen LogP contribution < -0.4 is 0 Å². The van der Waals surface area contributed by atoms with E-state index in [-0.39, 0.29) is 6.09 Å². The number of amides is 1. The first-order valence-electron chi connectivity index (χ1n) is 6.53. The molecule has 2 rings (SSSR count). The molecular formula is C13H19BrN4O2. The van der Waals surface area contributed by atoms with Gasteiger partial charge in [0.2, 0.25) is 0 Å². The summed E-state index contributed by atoms with van der Waals surface area (Å²) < 4.78 is 6.36. The maximum absolute atomic E-state index is 12.2. The van der Waals surface area contributed by atoms with E-state index in [2.05, 4.69) is 30.8 Å². The molecule has 0 N–H and O–H groups in total. The smallest absolute Gasteiger partial charge is 0.410 e. The number of carbonyl (C=O) groups is 1. The van der Waals surface area contributed by atoms with E-state index in [4.69, 9.17) is 4.74 Å². The molecule has 1 aromatic heterocycles. The summed E-state index contributed by atoms with van der Waals surface area (Å²) >= 11 is 3.29. The van der Waals surface area contributed by atoms with Crippen molar-refractivity contribution in [1.82, 2.24) is 19.8 Å². The van der Waals surface area contributed by atoms with E-state index >= 15 is 0 Å². The SMILES string of the molecule is CN1CCN(C(=O)OC(C)(C)c2ncc(Br)cn2)CC1. The van der Waals surface area contributed by atoms with Gasteiger partial charge in [0.1, 0.15) is 0 Å². The fraction of sp³-hybridized carbons (Fsp3) is 0.615. The van der Waals surface area contributed by atoms with E-state index in [0.717, 1.165) is 17.6 Å². The van der Waals surface area contributed by atoms with Crippen LogP contribution in [-0.4, -0.2) is 59.1 Å². The van der Waals surface area contributed by atoms with Crippen LogP contribution in [0.1, 0.15) is 19.7 Å². The molecule has 0 aromatic carbocycles. The van der Waals surface area contributed by atoms with Crippen LogP contribution in [0.2, 0.25) is 0 Å². The van der Waals surface area contributed by atoms with Crippen LogP contribution in [0.25, 0.3) is 0 Å². The zero-order valence-corrected chi connectivity index (χ0v) is 13.6. The number of piperazine rings is 1. The van der Waals surface area contributed by atoms with Crippen molar-refractivity contribution in [2.45, 2.75) is 19.4 Å². The van der Waals surface area contributed by atoms with Crippen molar-refractivity contribution in [1.29, 1.82) is 0 Å². The lowest BCUT2D eigenvalue weighted by molar-refractivity contribution is -0.00151. The Labute approximate surface area is 127 Å². The summed E-state index contributed by atoms with van der Waals surface area (Å²) in [5, 5.41) is 0. The number of likely N-dealkylation sites (N-methyl/N-ethyl adjacent to an activating group) is 1. The molecule has 20 heavy (non-hydrogen) atoms. The lowest BCUT2D eigenvalue weighted by Gasteiger charge is -2.34. The molecule has 1 saturated heterocycles. The second-order valence-electron chi connectivity index (χ2n) is 5.39. The first kappa shape index (κ1) is 15.2. The summed E-state index contributed by atoms with van der Waals surface area (Å²) in [5.41, 5.74) is -0.846. The van der Waals surface area contributed by atoms with Crippen LogP contribution in [0.5, 0.6) is 0 Å². The molecule has 1 aromatic rings. The molecule has 0 bridgehead atoms. The lowest BCUT2D eigenvalue weighted by atomic mass is 10.1. The third kappa shape index (κ3) is 3.67. The number of hydrogen-bond donors (Lipinski definition) is 0. The summed E-state index contributed by atoms with van der Waals surface area (Å²) in [4.78, 5) is 24.5. The third-order valence-electron chi connectivity index (χ3n) is 3.26. The third-order valence-corrected chi connectivity index (χ3v) is 3.67. The molecule has 0 atom stereocenters. The Hall–Kier alpha value is -1.21. The number of hydrogen-bond acceptors (Lipinski definition) is 5. The Morgan fingerprint density at radius 2 is 1.80 bits per heavy atom. The predicted octanol–water partition coefficient (Wildman–Crippen LogP) is 1.86. The van der Waals surface area contributed by atoms with E-state index in [1.54, 1.807) is 31.1 Å². The standard InChI is InChI=1S/C13H19BrN4O2/c1-13(2,11-15-8-10(14)9-16-11)20-12(19)18-6-4-17(3)5-7-18/h8-9H,4-7H2,1-3H3. The van der Waals surface area contributed by atoms with Crippen LogP contribution in [0, 0.1) is 0 Å². The summed E-state index contributed by atoms with van der Waals surface area (Å²) in [6.45, 7) is 6.70. The van der Waals surface area contributed by atoms with Gasteiger partial charge in [0.15, 0.2) is 11.4 Å². The number of carbonyl (C=O) groups excluding carboxylic acids is 1. The molecule has 0 unspecified atom stereocenters. The number of halogens is 1. The number of aromatic nitrogens is 2. The number of nitrogens with zero attached hydrogens (tertiary/aromatic N) is 4. The van der Waals surface area contributed by atoms with Crippen LogP contribution in [0.4, 0.5) is 4.79 Å². The molecule has 0 radical (unpaired) electrons. The maximum atomic E-state index is 12.2. The molecule has 110 valence electrons. The molecule has 1 aliphatic heterocycles. The largest absolute Gasteiger partial charge is 0.435 e. The quantitative estimate of drug-likeness (QED) is 0.820. The van der Waals surface area contributed by atoms with Gasteiger partial charge in [-0.1, -0.05) is 0 Å². The Morgan fingerprint density at radius 1 is 1.25 bits per heavy atom. The van der Waals surface area contributed by atoms with E-state index in [0.29, 0.717) is 18.9 Å². The molecule has 1 aliphatic rings. The van der Waals surface area contributed by atoms with Gasteiger partial charge in [-0.2, -0.15) is 0 Å². The van der Waals surface area contributed by atoms with Gasteiger partial charge in [0, 0.05) is 38.6 Å². The van der Waals surface area contributed by atoms with Gasteiger partial charge >= 0.3 is 6.09 Å². The molecule has 0 spiro atoms. The van der Waals surface area contributed by atoms with Crippen LogP contribution in [0.15, 0.2) is 16.9 Å². The van der Waals surface area contributed by atoms with Crippen LogP contribution in [0.3, 0.4) is 0 Å². The van der Waals surface area contributed by atoms with Gasteiger partial charge < -0.3 is 14.5 Å². The highest BCUT2D eigenvalue weighted by atomic mass is 79.9. The highest BCUT2D eigenvalue weighted by molar-refractivity contribution is 9.10. The summed E-state index contributed by atoms with van der Waals surface area (Å²) in [6.07, 6.45) is 2.98. The van der Waals surface area contributed by atoms with Gasteiger partial charge in [-0.15, -0.1) is 0 Å². The van der Waals surface area contributed by atoms with Crippen molar-refractivity contribution in [3.8, 4) is 0 Å². The highest BCUT2D eigenvalue weighted by Gasteiger charge is 2.31. The molecule has 0 saturated carbocycles. The predicted molar refractivity (Wildman–Crippen MR) is 78.3 cm³/mol. The average molecular weight is 343 g/mol. The van der Waals surface area contributed by atoms with Crippen molar-refractivity contribution < 1.29 is 9.53 Å². The molecule has 0 aliphatic carbocycles. The van der Waals surface area contributed by atoms with Gasteiger partial charge in [0.25, 0.3) is 0 Å². The van der Waals surface area contributed by atoms with Crippen molar-refractivity contribution in [3.63, 3.8) is 0 Å². The van der Waals surface area contributed by atoms with E-state index in [1.807, 2.05) is 7.05 Å². The first-order valence-corrected chi connectivity index (χ1v) is 7.32. The van der Waals surface area contributed by atoms with Gasteiger partial charge in [-0.05, 0) is 36.8 Å². The Bertz CT molecular complexity index is 470. The highest BCUT2D eigenvalue weighted by Crippen LogP contribution is 2.23. The van der Waals surface area contributed by atoms with E-state index < -0.39 is 5.60 Å². The molecular weight excluding hydrogens is 324 g/mol. The molecule has 1 amide bonds. The zero-order chi connectivity index (χ0) is 14.8. The topological polar surface area (TPSA) is 58.6 Å². The minimum atomic E-state index is -0.846. The fourth-order valence-electron chi connectivity index (χ4n) is 1.94. The fourth-order valence-corrected chi connectivity index (χ4v) is 2.15. The van der Waals surface area contributed by atoms with Crippen LogP contribution >= 0.6 is 15.9 Å². The molecule has 7 heteroatoms. The second kappa shape index (κ2) is 6.05. The number of ether oxygens (including phenoxy) is 1. The van der Waals surface area contributed by atoms with Crippen molar-refractivity contribution in [2.75, 3.05) is 33.2 Å². The van der Waals surface area contributed by atoms with E-state index in [1.165, 1.54) is 0 Å². The minimum absolute atomic E-state index is 0.311. The molecule has 6 nitrogen and oxygen atoms in total. The van der Waals surface area contributed by atoms with Crippen molar-refractivity contribution >= 4 is 22.0 Å². The molecule has 2 heterocycles. The Morgan fingerprint density at radius 3 is 2.35 bits per heavy atom. The van der Waals surface area contributed by atoms with Gasteiger partial charge in [0.05, 0.1) is 4.47 Å². The van der Waals surface area contributed by atoms with Gasteiger partial charge in [-0.25, -0.2) is 14.8 Å². The Kier molecular flexibility index (Phi) is 4.59. The normalized spacial score (nSPS) is 17.1. The lowest BCUT2D eigenvalue weighted by Crippen LogP contribution is -2.48. The summed E-state index contributed by atoms with van der Waals surface area (Å²) in [7, 11) is 2.04. The van der Waals surface area contributed by atoms with Crippen LogP contribution in [-0.2, 0) is 10.3 Å². The van der Waals surface area contributed by atoms with Crippen molar-refractivity contribution in [3.05, 3.63) is 22.7 Å². The Balaban J connectivity index is 2.00. The van der Waals surface area contributed by atoms with Crippen molar-refractivity contribution in [2.24, 2.45) is 0 Å². The number of rotatable bonds is 2. The first-order chi connectivity index (χ1) is 9.38. The summed E-state index contributed by atoms with van der Waals surface area (Å²) in [6, 6.07) is 0.